The summed E-state index contributed by atoms with van der Waals surface area (Å²) in [5, 5.41) is 4.20. The van der Waals surface area contributed by atoms with E-state index >= 15 is 0 Å². The van der Waals surface area contributed by atoms with Crippen molar-refractivity contribution in [1.29, 1.82) is 0 Å². The van der Waals surface area contributed by atoms with Gasteiger partial charge in [0.1, 0.15) is 17.2 Å². The van der Waals surface area contributed by atoms with Gasteiger partial charge in [0.25, 0.3) is 0 Å². The first-order valence-corrected chi connectivity index (χ1v) is 12.2. The van der Waals surface area contributed by atoms with Crippen molar-refractivity contribution in [2.24, 2.45) is 0 Å². The average molecular weight is 491 g/mol. The summed E-state index contributed by atoms with van der Waals surface area (Å²) in [5.41, 5.74) is 3.34. The Bertz CT molecular complexity index is 1300. The van der Waals surface area contributed by atoms with E-state index < -0.39 is 10.0 Å². The molecule has 0 radical (unpaired) electrons. The van der Waals surface area contributed by atoms with Crippen LogP contribution in [0.2, 0.25) is 0 Å². The molecule has 1 amide bonds. The van der Waals surface area contributed by atoms with Crippen LogP contribution in [0.5, 0.6) is 0 Å². The Kier molecular flexibility index (Phi) is 7.46. The van der Waals surface area contributed by atoms with Crippen LogP contribution in [-0.4, -0.2) is 54.9 Å². The van der Waals surface area contributed by atoms with E-state index in [1.54, 1.807) is 24.2 Å². The number of hydrogen-bond acceptors (Lipinski definition) is 6. The van der Waals surface area contributed by atoms with Gasteiger partial charge >= 0.3 is 0 Å². The van der Waals surface area contributed by atoms with Gasteiger partial charge in [-0.3, -0.25) is 4.79 Å². The van der Waals surface area contributed by atoms with Crippen LogP contribution in [-0.2, 0) is 27.9 Å². The molecule has 33 heavy (non-hydrogen) atoms. The molecule has 8 nitrogen and oxygen atoms in total. The van der Waals surface area contributed by atoms with Crippen molar-refractivity contribution in [2.45, 2.75) is 20.0 Å². The second kappa shape index (κ2) is 9.94. The lowest BCUT2D eigenvalue weighted by Gasteiger charge is -2.16. The molecule has 0 unspecified atom stereocenters. The van der Waals surface area contributed by atoms with E-state index in [2.05, 4.69) is 10.3 Å². The number of nitrogens with zero attached hydrogens (tertiary/aromatic N) is 3. The van der Waals surface area contributed by atoms with E-state index in [0.717, 1.165) is 33.4 Å². The van der Waals surface area contributed by atoms with E-state index in [0.29, 0.717) is 25.5 Å². The van der Waals surface area contributed by atoms with Gasteiger partial charge in [-0.15, -0.1) is 12.4 Å². The number of nitrogens with one attached hydrogen (secondary N) is 1. The summed E-state index contributed by atoms with van der Waals surface area (Å²) in [4.78, 5) is 18.6. The fourth-order valence-corrected chi connectivity index (χ4v) is 4.51. The number of amides is 1. The minimum Gasteiger partial charge on any atom is -0.459 e. The summed E-state index contributed by atoms with van der Waals surface area (Å²) in [7, 11) is -1.58. The standard InChI is InChI=1S/C23H26N4O4S.ClH/c1-16-19-6-4-5-7-20(19)31-21(16)15-26(2)22(28)9-8-17-12-18-14-27(32(3,29)30)11-10-24-23(18)25-13-17;/h4-9,12-13H,10-11,14-15H2,1-3H3,(H,24,25);1H. The van der Waals surface area contributed by atoms with E-state index in [9.17, 15) is 13.2 Å². The van der Waals surface area contributed by atoms with Gasteiger partial charge in [-0.05, 0) is 30.7 Å². The molecule has 0 fully saturated rings. The number of carbonyl (C=O) groups is 1. The SMILES string of the molecule is Cc1c(CN(C)C(=O)C=Cc2cnc3c(c2)CN(S(C)(=O)=O)CCN3)oc2ccccc12.Cl. The quantitative estimate of drug-likeness (QED) is 0.550. The fraction of sp³-hybridized carbons (Fsp3) is 0.304. The predicted molar refractivity (Wildman–Crippen MR) is 132 cm³/mol. The van der Waals surface area contributed by atoms with E-state index in [1.807, 2.05) is 37.3 Å². The maximum absolute atomic E-state index is 12.7. The maximum atomic E-state index is 12.7. The third-order valence-corrected chi connectivity index (χ3v) is 6.82. The van der Waals surface area contributed by atoms with Crippen LogP contribution in [0.25, 0.3) is 17.0 Å². The summed E-state index contributed by atoms with van der Waals surface area (Å²) in [6.07, 6.45) is 6.04. The highest BCUT2D eigenvalue weighted by atomic mass is 35.5. The van der Waals surface area contributed by atoms with E-state index in [-0.39, 0.29) is 24.9 Å². The lowest BCUT2D eigenvalue weighted by molar-refractivity contribution is -0.125. The minimum absolute atomic E-state index is 0. The number of pyridine rings is 1. The molecule has 1 N–H and O–H groups in total. The third-order valence-electron chi connectivity index (χ3n) is 5.57. The van der Waals surface area contributed by atoms with Crippen molar-refractivity contribution in [2.75, 3.05) is 31.7 Å². The molecule has 0 spiro atoms. The van der Waals surface area contributed by atoms with Crippen LogP contribution >= 0.6 is 12.4 Å². The van der Waals surface area contributed by atoms with Gasteiger partial charge in [-0.25, -0.2) is 13.4 Å². The highest BCUT2D eigenvalue weighted by Crippen LogP contribution is 2.26. The number of furan rings is 1. The van der Waals surface area contributed by atoms with Gasteiger partial charge in [0.2, 0.25) is 15.9 Å². The van der Waals surface area contributed by atoms with Crippen LogP contribution < -0.4 is 5.32 Å². The first kappa shape index (κ1) is 24.8. The normalized spacial score (nSPS) is 14.4. The summed E-state index contributed by atoms with van der Waals surface area (Å²) < 4.78 is 31.2. The summed E-state index contributed by atoms with van der Waals surface area (Å²) in [5.74, 6) is 1.25. The molecule has 3 heterocycles. The van der Waals surface area contributed by atoms with Crippen LogP contribution in [0.15, 0.2) is 47.0 Å². The fourth-order valence-electron chi connectivity index (χ4n) is 3.71. The number of rotatable bonds is 5. The zero-order valence-electron chi connectivity index (χ0n) is 18.7. The van der Waals surface area contributed by atoms with Crippen molar-refractivity contribution < 1.29 is 17.6 Å². The van der Waals surface area contributed by atoms with Crippen LogP contribution in [0.1, 0.15) is 22.5 Å². The first-order chi connectivity index (χ1) is 15.2. The van der Waals surface area contributed by atoms with Gasteiger partial charge in [0.05, 0.1) is 12.8 Å². The van der Waals surface area contributed by atoms with E-state index in [1.165, 1.54) is 16.6 Å². The van der Waals surface area contributed by atoms with Crippen LogP contribution in [0.3, 0.4) is 0 Å². The predicted octanol–water partition coefficient (Wildman–Crippen LogP) is 3.42. The van der Waals surface area contributed by atoms with Gasteiger partial charge in [-0.2, -0.15) is 4.31 Å². The van der Waals surface area contributed by atoms with Gasteiger partial charge in [-0.1, -0.05) is 18.2 Å². The molecule has 0 saturated heterocycles. The number of anilines is 1. The topological polar surface area (TPSA) is 95.8 Å². The molecule has 3 aromatic rings. The number of likely N-dealkylation sites (N-methyl/N-ethyl adjacent to an activating group) is 1. The molecule has 2 aromatic heterocycles. The molecule has 0 atom stereocenters. The molecule has 4 rings (SSSR count). The van der Waals surface area contributed by atoms with Crippen LogP contribution in [0, 0.1) is 6.92 Å². The number of hydrogen-bond donors (Lipinski definition) is 1. The molecule has 0 saturated carbocycles. The molecule has 0 aliphatic carbocycles. The molecule has 1 aromatic carbocycles. The number of carbonyl (C=O) groups excluding carboxylic acids is 1. The highest BCUT2D eigenvalue weighted by molar-refractivity contribution is 7.88. The molecule has 176 valence electrons. The summed E-state index contributed by atoms with van der Waals surface area (Å²) in [6.45, 7) is 3.47. The van der Waals surface area contributed by atoms with Crippen molar-refractivity contribution in [3.05, 3.63) is 65.1 Å². The molecule has 10 heteroatoms. The number of halogens is 1. The van der Waals surface area contributed by atoms with Gasteiger partial charge in [0, 0.05) is 55.5 Å². The molecular weight excluding hydrogens is 464 g/mol. The monoisotopic (exact) mass is 490 g/mol. The lowest BCUT2D eigenvalue weighted by Crippen LogP contribution is -2.31. The summed E-state index contributed by atoms with van der Waals surface area (Å²) >= 11 is 0. The number of sulfonamides is 1. The lowest BCUT2D eigenvalue weighted by atomic mass is 10.1. The number of aryl methyl sites for hydroxylation is 1. The average Bonchev–Trinajstić information content (AvgIpc) is 2.93. The number of fused-ring (bicyclic) bond motifs is 2. The number of aromatic nitrogens is 1. The summed E-state index contributed by atoms with van der Waals surface area (Å²) in [6, 6.07) is 9.66. The molecule has 0 bridgehead atoms. The zero-order valence-corrected chi connectivity index (χ0v) is 20.4. The Labute approximate surface area is 199 Å². The number of benzene rings is 1. The molecule has 1 aliphatic heterocycles. The smallest absolute Gasteiger partial charge is 0.246 e. The second-order valence-corrected chi connectivity index (χ2v) is 9.96. The van der Waals surface area contributed by atoms with E-state index in [4.69, 9.17) is 4.42 Å². The third kappa shape index (κ3) is 5.55. The zero-order chi connectivity index (χ0) is 22.9. The van der Waals surface area contributed by atoms with Crippen molar-refractivity contribution in [3.8, 4) is 0 Å². The second-order valence-electron chi connectivity index (χ2n) is 7.97. The van der Waals surface area contributed by atoms with Gasteiger partial charge in [0.15, 0.2) is 0 Å². The van der Waals surface area contributed by atoms with Gasteiger partial charge < -0.3 is 14.6 Å². The Balaban J connectivity index is 0.00000306. The molecule has 1 aliphatic rings. The Morgan fingerprint density at radius 2 is 2.09 bits per heavy atom. The highest BCUT2D eigenvalue weighted by Gasteiger charge is 2.22. The van der Waals surface area contributed by atoms with Crippen LogP contribution in [0.4, 0.5) is 5.82 Å². The Hall–Kier alpha value is -2.88. The van der Waals surface area contributed by atoms with Crippen molar-refractivity contribution >= 4 is 51.2 Å². The largest absolute Gasteiger partial charge is 0.459 e. The van der Waals surface area contributed by atoms with Crippen molar-refractivity contribution in [3.63, 3.8) is 0 Å². The minimum atomic E-state index is -3.31. The van der Waals surface area contributed by atoms with Crippen molar-refractivity contribution in [1.82, 2.24) is 14.2 Å². The number of para-hydroxylation sites is 1. The Morgan fingerprint density at radius 3 is 2.82 bits per heavy atom. The first-order valence-electron chi connectivity index (χ1n) is 10.3. The molecular formula is C23H27ClN4O4S. The maximum Gasteiger partial charge on any atom is 0.246 e. The Morgan fingerprint density at radius 1 is 1.33 bits per heavy atom.